The minimum Gasteiger partial charge on any atom is -0.495 e. The Morgan fingerprint density at radius 1 is 1.00 bits per heavy atom. The number of rotatable bonds is 10. The van der Waals surface area contributed by atoms with Crippen LogP contribution in [0.15, 0.2) is 71.6 Å². The Balaban J connectivity index is 1.80. The molecule has 0 saturated carbocycles. The van der Waals surface area contributed by atoms with Gasteiger partial charge in [-0.05, 0) is 49.4 Å². The third-order valence-corrected chi connectivity index (χ3v) is 7.15. The first kappa shape index (κ1) is 25.7. The Kier molecular flexibility index (Phi) is 8.66. The maximum Gasteiger partial charge on any atom is 0.264 e. The molecule has 1 N–H and O–H groups in total. The summed E-state index contributed by atoms with van der Waals surface area (Å²) in [6, 6.07) is 17.9. The van der Waals surface area contributed by atoms with Crippen LogP contribution in [-0.4, -0.2) is 41.1 Å². The molecule has 3 rings (SSSR count). The minimum atomic E-state index is -4.11. The number of benzene rings is 3. The van der Waals surface area contributed by atoms with E-state index in [-0.39, 0.29) is 29.5 Å². The molecule has 3 aromatic carbocycles. The molecule has 0 aliphatic heterocycles. The van der Waals surface area contributed by atoms with E-state index in [9.17, 15) is 13.2 Å². The van der Waals surface area contributed by atoms with Crippen LogP contribution < -0.4 is 19.1 Å². The van der Waals surface area contributed by atoms with Crippen LogP contribution in [0.5, 0.6) is 11.5 Å². The average molecular weight is 523 g/mol. The predicted molar refractivity (Wildman–Crippen MR) is 134 cm³/mol. The fourth-order valence-electron chi connectivity index (χ4n) is 3.09. The summed E-state index contributed by atoms with van der Waals surface area (Å²) in [6.45, 7) is 1.67. The molecule has 0 bridgehead atoms. The number of ether oxygens (including phenoxy) is 2. The van der Waals surface area contributed by atoms with E-state index in [0.29, 0.717) is 15.8 Å². The summed E-state index contributed by atoms with van der Waals surface area (Å²) in [7, 11) is -2.70. The Hall–Kier alpha value is -2.94. The number of carbonyl (C=O) groups is 1. The second kappa shape index (κ2) is 11.5. The van der Waals surface area contributed by atoms with E-state index in [1.165, 1.54) is 25.3 Å². The summed E-state index contributed by atoms with van der Waals surface area (Å²) in [4.78, 5) is 12.8. The van der Waals surface area contributed by atoms with Gasteiger partial charge in [-0.3, -0.25) is 9.10 Å². The molecule has 0 aromatic heterocycles. The summed E-state index contributed by atoms with van der Waals surface area (Å²) in [5, 5.41) is 3.43. The van der Waals surface area contributed by atoms with Crippen LogP contribution in [-0.2, 0) is 14.8 Å². The van der Waals surface area contributed by atoms with Crippen molar-refractivity contribution >= 4 is 44.8 Å². The molecule has 1 amide bonds. The quantitative estimate of drug-likeness (QED) is 0.390. The fraction of sp³-hybridized carbons (Fsp3) is 0.208. The van der Waals surface area contributed by atoms with Gasteiger partial charge in [-0.2, -0.15) is 0 Å². The molecular weight excluding hydrogens is 499 g/mol. The van der Waals surface area contributed by atoms with Gasteiger partial charge in [0.15, 0.2) is 0 Å². The van der Waals surface area contributed by atoms with E-state index in [2.05, 4.69) is 5.32 Å². The highest BCUT2D eigenvalue weighted by Gasteiger charge is 2.29. The third kappa shape index (κ3) is 6.34. The zero-order chi connectivity index (χ0) is 24.7. The SMILES string of the molecule is COc1ccc(Cl)cc1N(CC(=O)NCCOc1ccccc1Cl)S(=O)(=O)c1ccc(C)cc1. The van der Waals surface area contributed by atoms with E-state index in [0.717, 1.165) is 9.87 Å². The van der Waals surface area contributed by atoms with E-state index < -0.39 is 22.5 Å². The molecule has 0 atom stereocenters. The van der Waals surface area contributed by atoms with E-state index >= 15 is 0 Å². The summed E-state index contributed by atoms with van der Waals surface area (Å²) < 4.78 is 38.9. The smallest absolute Gasteiger partial charge is 0.264 e. The topological polar surface area (TPSA) is 84.9 Å². The molecule has 10 heteroatoms. The van der Waals surface area contributed by atoms with Gasteiger partial charge >= 0.3 is 0 Å². The first-order chi connectivity index (χ1) is 16.2. The molecule has 0 spiro atoms. The van der Waals surface area contributed by atoms with Gasteiger partial charge in [-0.1, -0.05) is 53.0 Å². The number of amides is 1. The molecule has 180 valence electrons. The second-order valence-electron chi connectivity index (χ2n) is 7.27. The number of para-hydroxylation sites is 1. The first-order valence-electron chi connectivity index (χ1n) is 10.3. The van der Waals surface area contributed by atoms with Crippen LogP contribution in [0.2, 0.25) is 10.0 Å². The number of hydrogen-bond donors (Lipinski definition) is 1. The van der Waals surface area contributed by atoms with E-state index in [4.69, 9.17) is 32.7 Å². The number of nitrogens with one attached hydrogen (secondary N) is 1. The van der Waals surface area contributed by atoms with Crippen molar-refractivity contribution in [2.24, 2.45) is 0 Å². The van der Waals surface area contributed by atoms with Crippen molar-refractivity contribution in [3.63, 3.8) is 0 Å². The van der Waals surface area contributed by atoms with Crippen LogP contribution >= 0.6 is 23.2 Å². The van der Waals surface area contributed by atoms with Crippen molar-refractivity contribution in [1.82, 2.24) is 5.32 Å². The number of nitrogens with zero attached hydrogens (tertiary/aromatic N) is 1. The van der Waals surface area contributed by atoms with Crippen molar-refractivity contribution in [1.29, 1.82) is 0 Å². The zero-order valence-corrected chi connectivity index (χ0v) is 21.0. The molecule has 0 unspecified atom stereocenters. The number of aryl methyl sites for hydroxylation is 1. The number of halogens is 2. The minimum absolute atomic E-state index is 0.0370. The lowest BCUT2D eigenvalue weighted by Crippen LogP contribution is -2.42. The lowest BCUT2D eigenvalue weighted by Gasteiger charge is -2.26. The van der Waals surface area contributed by atoms with Gasteiger partial charge < -0.3 is 14.8 Å². The summed E-state index contributed by atoms with van der Waals surface area (Å²) in [5.74, 6) is 0.223. The summed E-state index contributed by atoms with van der Waals surface area (Å²) >= 11 is 12.2. The van der Waals surface area contributed by atoms with Crippen LogP contribution in [0.3, 0.4) is 0 Å². The molecule has 0 aliphatic rings. The van der Waals surface area contributed by atoms with Crippen molar-refractivity contribution in [3.8, 4) is 11.5 Å². The fourth-order valence-corrected chi connectivity index (χ4v) is 4.87. The zero-order valence-electron chi connectivity index (χ0n) is 18.6. The number of sulfonamides is 1. The van der Waals surface area contributed by atoms with Crippen LogP contribution in [0, 0.1) is 6.92 Å². The molecule has 7 nitrogen and oxygen atoms in total. The highest BCUT2D eigenvalue weighted by atomic mass is 35.5. The van der Waals surface area contributed by atoms with Crippen LogP contribution in [0.1, 0.15) is 5.56 Å². The molecule has 0 radical (unpaired) electrons. The molecule has 0 fully saturated rings. The Bertz CT molecular complexity index is 1250. The average Bonchev–Trinajstić information content (AvgIpc) is 2.81. The van der Waals surface area contributed by atoms with Gasteiger partial charge in [0.2, 0.25) is 5.91 Å². The predicted octanol–water partition coefficient (Wildman–Crippen LogP) is 4.70. The van der Waals surface area contributed by atoms with Crippen molar-refractivity contribution in [2.75, 3.05) is 31.1 Å². The highest BCUT2D eigenvalue weighted by Crippen LogP contribution is 2.34. The van der Waals surface area contributed by atoms with Gasteiger partial charge in [0.25, 0.3) is 10.0 Å². The molecule has 34 heavy (non-hydrogen) atoms. The summed E-state index contributed by atoms with van der Waals surface area (Å²) in [6.07, 6.45) is 0. The standard InChI is InChI=1S/C24H24Cl2N2O5S/c1-17-7-10-19(11-8-17)34(30,31)28(21-15-18(25)9-12-23(21)32-2)16-24(29)27-13-14-33-22-6-4-3-5-20(22)26/h3-12,15H,13-14,16H2,1-2H3,(H,27,29). The number of hydrogen-bond acceptors (Lipinski definition) is 5. The number of methoxy groups -OCH3 is 1. The number of anilines is 1. The van der Waals surface area contributed by atoms with Crippen molar-refractivity contribution in [2.45, 2.75) is 11.8 Å². The highest BCUT2D eigenvalue weighted by molar-refractivity contribution is 7.92. The lowest BCUT2D eigenvalue weighted by atomic mass is 10.2. The van der Waals surface area contributed by atoms with Crippen molar-refractivity contribution in [3.05, 3.63) is 82.3 Å². The van der Waals surface area contributed by atoms with Gasteiger partial charge in [-0.25, -0.2) is 8.42 Å². The van der Waals surface area contributed by atoms with Gasteiger partial charge in [0, 0.05) is 5.02 Å². The second-order valence-corrected chi connectivity index (χ2v) is 9.98. The van der Waals surface area contributed by atoms with Crippen LogP contribution in [0.4, 0.5) is 5.69 Å². The Morgan fingerprint density at radius 2 is 1.71 bits per heavy atom. The van der Waals surface area contributed by atoms with Gasteiger partial charge in [0.1, 0.15) is 24.7 Å². The normalized spacial score (nSPS) is 11.1. The monoisotopic (exact) mass is 522 g/mol. The number of carbonyl (C=O) groups excluding carboxylic acids is 1. The summed E-state index contributed by atoms with van der Waals surface area (Å²) in [5.41, 5.74) is 1.06. The first-order valence-corrected chi connectivity index (χ1v) is 12.5. The van der Waals surface area contributed by atoms with Gasteiger partial charge in [-0.15, -0.1) is 0 Å². The van der Waals surface area contributed by atoms with Crippen molar-refractivity contribution < 1.29 is 22.7 Å². The molecular formula is C24H24Cl2N2O5S. The van der Waals surface area contributed by atoms with E-state index in [1.54, 1.807) is 48.5 Å². The molecule has 0 heterocycles. The van der Waals surface area contributed by atoms with Gasteiger partial charge in [0.05, 0.1) is 29.3 Å². The van der Waals surface area contributed by atoms with Crippen LogP contribution in [0.25, 0.3) is 0 Å². The maximum absolute atomic E-state index is 13.5. The molecule has 0 saturated heterocycles. The third-order valence-electron chi connectivity index (χ3n) is 4.82. The largest absolute Gasteiger partial charge is 0.495 e. The molecule has 0 aliphatic carbocycles. The Morgan fingerprint density at radius 3 is 2.38 bits per heavy atom. The lowest BCUT2D eigenvalue weighted by molar-refractivity contribution is -0.119. The van der Waals surface area contributed by atoms with E-state index in [1.807, 2.05) is 6.92 Å². The maximum atomic E-state index is 13.5. The Labute approximate surface area is 209 Å². The molecule has 3 aromatic rings.